The second kappa shape index (κ2) is 8.29. The van der Waals surface area contributed by atoms with E-state index in [2.05, 4.69) is 21.8 Å². The predicted octanol–water partition coefficient (Wildman–Crippen LogP) is 2.62. The van der Waals surface area contributed by atoms with E-state index in [4.69, 9.17) is 0 Å². The highest BCUT2D eigenvalue weighted by Crippen LogP contribution is 2.51. The number of fused-ring (bicyclic) bond motifs is 1. The number of rotatable bonds is 6. The van der Waals surface area contributed by atoms with Crippen molar-refractivity contribution in [2.45, 2.75) is 56.9 Å². The van der Waals surface area contributed by atoms with E-state index in [-0.39, 0.29) is 35.5 Å². The Balaban J connectivity index is 1.36. The van der Waals surface area contributed by atoms with Gasteiger partial charge >= 0.3 is 0 Å². The highest BCUT2D eigenvalue weighted by Gasteiger charge is 2.50. The van der Waals surface area contributed by atoms with Crippen molar-refractivity contribution in [1.82, 2.24) is 20.1 Å². The maximum atomic E-state index is 14.8. The summed E-state index contributed by atoms with van der Waals surface area (Å²) in [5.74, 6) is -3.61. The van der Waals surface area contributed by atoms with E-state index in [0.717, 1.165) is 24.2 Å². The van der Waals surface area contributed by atoms with Crippen LogP contribution < -0.4 is 10.2 Å². The average Bonchev–Trinajstić information content (AvgIpc) is 3.52. The van der Waals surface area contributed by atoms with Crippen LogP contribution in [0.15, 0.2) is 24.5 Å². The second-order valence-corrected chi connectivity index (χ2v) is 10.8. The summed E-state index contributed by atoms with van der Waals surface area (Å²) in [6.45, 7) is 11.0. The highest BCUT2D eigenvalue weighted by molar-refractivity contribution is 5.97. The SMILES string of the molecule is C=C1CN(CC(=O)N2CC(C)(C)c3cnc(C(F)(F)C4CC4)cc32)[C@@H](CN2CCCC2=O)CN1. The van der Waals surface area contributed by atoms with Crippen LogP contribution in [0.2, 0.25) is 0 Å². The molecule has 4 aliphatic rings. The molecule has 3 aliphatic heterocycles. The topological polar surface area (TPSA) is 68.8 Å². The van der Waals surface area contributed by atoms with Crippen molar-refractivity contribution in [1.29, 1.82) is 0 Å². The van der Waals surface area contributed by atoms with Crippen molar-refractivity contribution < 1.29 is 18.4 Å². The van der Waals surface area contributed by atoms with E-state index in [1.165, 1.54) is 12.3 Å². The molecule has 184 valence electrons. The number of halogens is 2. The van der Waals surface area contributed by atoms with Gasteiger partial charge < -0.3 is 15.1 Å². The largest absolute Gasteiger partial charge is 0.386 e. The van der Waals surface area contributed by atoms with Crippen LogP contribution in [0.5, 0.6) is 0 Å². The molecular weight excluding hydrogens is 440 g/mol. The lowest BCUT2D eigenvalue weighted by molar-refractivity contribution is -0.128. The van der Waals surface area contributed by atoms with Crippen LogP contribution >= 0.6 is 0 Å². The molecule has 3 fully saturated rings. The molecule has 1 aromatic heterocycles. The highest BCUT2D eigenvalue weighted by atomic mass is 19.3. The van der Waals surface area contributed by atoms with Gasteiger partial charge in [-0.15, -0.1) is 0 Å². The fourth-order valence-electron chi connectivity index (χ4n) is 5.41. The van der Waals surface area contributed by atoms with Gasteiger partial charge in [-0.2, -0.15) is 8.78 Å². The average molecular weight is 474 g/mol. The van der Waals surface area contributed by atoms with Crippen LogP contribution in [-0.4, -0.2) is 71.9 Å². The van der Waals surface area contributed by atoms with Crippen molar-refractivity contribution >= 4 is 17.5 Å². The molecule has 0 unspecified atom stereocenters. The number of anilines is 1. The Bertz CT molecular complexity index is 1020. The molecule has 2 saturated heterocycles. The number of nitrogens with zero attached hydrogens (tertiary/aromatic N) is 4. The normalized spacial score (nSPS) is 25.0. The summed E-state index contributed by atoms with van der Waals surface area (Å²) in [5, 5.41) is 3.27. The first-order valence-corrected chi connectivity index (χ1v) is 12.2. The number of carbonyl (C=O) groups is 2. The first-order chi connectivity index (χ1) is 16.1. The summed E-state index contributed by atoms with van der Waals surface area (Å²) >= 11 is 0. The monoisotopic (exact) mass is 473 g/mol. The van der Waals surface area contributed by atoms with Gasteiger partial charge in [0.05, 0.1) is 12.2 Å². The Morgan fingerprint density at radius 3 is 2.79 bits per heavy atom. The first kappa shape index (κ1) is 23.2. The number of likely N-dealkylation sites (tertiary alicyclic amines) is 1. The molecule has 34 heavy (non-hydrogen) atoms. The lowest BCUT2D eigenvalue weighted by atomic mass is 9.88. The van der Waals surface area contributed by atoms with Gasteiger partial charge in [0.1, 0.15) is 5.69 Å². The summed E-state index contributed by atoms with van der Waals surface area (Å²) in [4.78, 5) is 35.4. The summed E-state index contributed by atoms with van der Waals surface area (Å²) < 4.78 is 29.6. The minimum Gasteiger partial charge on any atom is -0.386 e. The zero-order valence-corrected chi connectivity index (χ0v) is 19.9. The number of aromatic nitrogens is 1. The van der Waals surface area contributed by atoms with E-state index in [0.29, 0.717) is 51.1 Å². The van der Waals surface area contributed by atoms with Crippen molar-refractivity contribution in [3.63, 3.8) is 0 Å². The molecule has 4 heterocycles. The van der Waals surface area contributed by atoms with Crippen LogP contribution in [0, 0.1) is 5.92 Å². The number of alkyl halides is 2. The molecule has 2 amide bonds. The van der Waals surface area contributed by atoms with Crippen molar-refractivity contribution in [3.05, 3.63) is 35.8 Å². The van der Waals surface area contributed by atoms with Gasteiger partial charge in [0, 0.05) is 74.0 Å². The Kier molecular flexibility index (Phi) is 5.66. The molecule has 0 bridgehead atoms. The van der Waals surface area contributed by atoms with Gasteiger partial charge in [0.2, 0.25) is 11.8 Å². The third-order valence-corrected chi connectivity index (χ3v) is 7.63. The predicted molar refractivity (Wildman–Crippen MR) is 125 cm³/mol. The Morgan fingerprint density at radius 2 is 2.12 bits per heavy atom. The number of pyridine rings is 1. The van der Waals surface area contributed by atoms with E-state index in [1.54, 1.807) is 4.90 Å². The van der Waals surface area contributed by atoms with Crippen LogP contribution in [-0.2, 0) is 20.9 Å². The van der Waals surface area contributed by atoms with Crippen LogP contribution in [0.25, 0.3) is 0 Å². The third-order valence-electron chi connectivity index (χ3n) is 7.63. The smallest absolute Gasteiger partial charge is 0.292 e. The number of piperazine rings is 1. The number of nitrogens with one attached hydrogen (secondary N) is 1. The van der Waals surface area contributed by atoms with Crippen molar-refractivity contribution in [2.24, 2.45) is 5.92 Å². The molecule has 1 atom stereocenters. The molecule has 9 heteroatoms. The minimum atomic E-state index is -2.97. The Morgan fingerprint density at radius 1 is 1.35 bits per heavy atom. The third kappa shape index (κ3) is 4.19. The maximum Gasteiger partial charge on any atom is 0.292 e. The fourth-order valence-corrected chi connectivity index (χ4v) is 5.41. The van der Waals surface area contributed by atoms with E-state index >= 15 is 0 Å². The van der Waals surface area contributed by atoms with Crippen molar-refractivity contribution in [2.75, 3.05) is 44.2 Å². The van der Waals surface area contributed by atoms with Gasteiger partial charge in [-0.1, -0.05) is 20.4 Å². The van der Waals surface area contributed by atoms with Gasteiger partial charge in [-0.05, 0) is 25.3 Å². The standard InChI is InChI=1S/C25H33F2N5O2/c1-16-12-31(18(10-28-16)13-30-8-4-5-22(30)33)14-23(34)32-15-24(2,3)19-11-29-21(9-20(19)32)25(26,27)17-6-7-17/h9,11,17-18,28H,1,4-8,10,12-15H2,2-3H3/t18-/m1/s1. The molecule has 5 rings (SSSR count). The van der Waals surface area contributed by atoms with Crippen molar-refractivity contribution in [3.8, 4) is 0 Å². The maximum absolute atomic E-state index is 14.8. The van der Waals surface area contributed by atoms with E-state index in [1.807, 2.05) is 18.7 Å². The van der Waals surface area contributed by atoms with Gasteiger partial charge in [-0.3, -0.25) is 19.5 Å². The van der Waals surface area contributed by atoms with Gasteiger partial charge in [-0.25, -0.2) is 0 Å². The molecule has 0 radical (unpaired) electrons. The zero-order valence-electron chi connectivity index (χ0n) is 19.9. The van der Waals surface area contributed by atoms with Crippen LogP contribution in [0.1, 0.15) is 50.8 Å². The Labute approximate surface area is 199 Å². The molecule has 7 nitrogen and oxygen atoms in total. The lowest BCUT2D eigenvalue weighted by Gasteiger charge is -2.39. The van der Waals surface area contributed by atoms with Crippen LogP contribution in [0.3, 0.4) is 0 Å². The number of hydrogen-bond acceptors (Lipinski definition) is 5. The molecule has 1 aliphatic carbocycles. The molecule has 0 spiro atoms. The minimum absolute atomic E-state index is 0.0150. The second-order valence-electron chi connectivity index (χ2n) is 10.8. The number of hydrogen-bond donors (Lipinski definition) is 1. The number of amides is 2. The fraction of sp³-hybridized carbons (Fsp3) is 0.640. The summed E-state index contributed by atoms with van der Waals surface area (Å²) in [5.41, 5.74) is 1.57. The summed E-state index contributed by atoms with van der Waals surface area (Å²) in [7, 11) is 0. The van der Waals surface area contributed by atoms with Crippen LogP contribution in [0.4, 0.5) is 14.5 Å². The van der Waals surface area contributed by atoms with E-state index < -0.39 is 11.8 Å². The molecule has 0 aromatic carbocycles. The van der Waals surface area contributed by atoms with Gasteiger partial charge in [0.15, 0.2) is 0 Å². The van der Waals surface area contributed by atoms with Gasteiger partial charge in [0.25, 0.3) is 5.92 Å². The lowest BCUT2D eigenvalue weighted by Crippen LogP contribution is -2.57. The Hall–Kier alpha value is -2.55. The molecule has 1 aromatic rings. The molecule has 1 saturated carbocycles. The first-order valence-electron chi connectivity index (χ1n) is 12.2. The van der Waals surface area contributed by atoms with E-state index in [9.17, 15) is 18.4 Å². The summed E-state index contributed by atoms with van der Waals surface area (Å²) in [6, 6.07) is 1.41. The summed E-state index contributed by atoms with van der Waals surface area (Å²) in [6.07, 6.45) is 3.99. The quantitative estimate of drug-likeness (QED) is 0.688. The molecular formula is C25H33F2N5O2. The molecule has 1 N–H and O–H groups in total. The zero-order chi connectivity index (χ0) is 24.3. The number of carbonyl (C=O) groups excluding carboxylic acids is 2.